The van der Waals surface area contributed by atoms with Crippen LogP contribution in [-0.2, 0) is 6.61 Å². The van der Waals surface area contributed by atoms with Gasteiger partial charge in [0.25, 0.3) is 11.8 Å². The Balaban J connectivity index is 1.93. The first-order chi connectivity index (χ1) is 11.2. The number of benzene rings is 3. The second kappa shape index (κ2) is 5.04. The van der Waals surface area contributed by atoms with Crippen LogP contribution < -0.4 is 4.90 Å². The zero-order valence-corrected chi connectivity index (χ0v) is 12.2. The second-order valence-electron chi connectivity index (χ2n) is 5.48. The molecule has 3 aromatic rings. The van der Waals surface area contributed by atoms with Crippen molar-refractivity contribution in [1.82, 2.24) is 0 Å². The van der Waals surface area contributed by atoms with E-state index in [1.54, 1.807) is 30.3 Å². The van der Waals surface area contributed by atoms with E-state index < -0.39 is 0 Å². The number of imide groups is 1. The molecule has 0 fully saturated rings. The largest absolute Gasteiger partial charge is 0.392 e. The van der Waals surface area contributed by atoms with Gasteiger partial charge >= 0.3 is 0 Å². The van der Waals surface area contributed by atoms with Gasteiger partial charge in [0.15, 0.2) is 0 Å². The van der Waals surface area contributed by atoms with Gasteiger partial charge in [0, 0.05) is 5.56 Å². The minimum absolute atomic E-state index is 0.242. The first-order valence-electron chi connectivity index (χ1n) is 7.31. The van der Waals surface area contributed by atoms with Crippen molar-refractivity contribution in [3.05, 3.63) is 77.4 Å². The van der Waals surface area contributed by atoms with E-state index in [4.69, 9.17) is 0 Å². The number of hydrogen-bond donors (Lipinski definition) is 1. The summed E-state index contributed by atoms with van der Waals surface area (Å²) in [5.41, 5.74) is 1.79. The van der Waals surface area contributed by atoms with Crippen LogP contribution in [0.15, 0.2) is 60.7 Å². The minimum Gasteiger partial charge on any atom is -0.392 e. The van der Waals surface area contributed by atoms with Crippen molar-refractivity contribution in [2.24, 2.45) is 0 Å². The maximum atomic E-state index is 12.6. The highest BCUT2D eigenvalue weighted by Crippen LogP contribution is 2.33. The summed E-state index contributed by atoms with van der Waals surface area (Å²) in [6.45, 7) is -0.242. The summed E-state index contributed by atoms with van der Waals surface area (Å²) < 4.78 is 0. The molecule has 112 valence electrons. The van der Waals surface area contributed by atoms with Gasteiger partial charge in [-0.3, -0.25) is 9.59 Å². The Morgan fingerprint density at radius 1 is 0.783 bits per heavy atom. The van der Waals surface area contributed by atoms with E-state index in [0.29, 0.717) is 22.4 Å². The smallest absolute Gasteiger partial charge is 0.266 e. The molecule has 0 atom stereocenters. The highest BCUT2D eigenvalue weighted by molar-refractivity contribution is 6.34. The van der Waals surface area contributed by atoms with Gasteiger partial charge in [0.05, 0.1) is 23.4 Å². The lowest BCUT2D eigenvalue weighted by Crippen LogP contribution is -2.30. The highest BCUT2D eigenvalue weighted by Gasteiger charge is 2.37. The molecule has 0 spiro atoms. The van der Waals surface area contributed by atoms with Crippen LogP contribution in [-0.4, -0.2) is 16.9 Å². The molecule has 4 rings (SSSR count). The van der Waals surface area contributed by atoms with E-state index in [0.717, 1.165) is 15.7 Å². The molecule has 0 bridgehead atoms. The normalized spacial score (nSPS) is 13.7. The second-order valence-corrected chi connectivity index (χ2v) is 5.48. The summed E-state index contributed by atoms with van der Waals surface area (Å²) in [7, 11) is 0. The molecule has 0 unspecified atom stereocenters. The SMILES string of the molecule is O=C1c2ccccc2C(=O)N1c1cc2ccccc2cc1CO. The van der Waals surface area contributed by atoms with Crippen LogP contribution in [0.3, 0.4) is 0 Å². The number of aliphatic hydroxyl groups is 1. The molecule has 1 heterocycles. The third-order valence-corrected chi connectivity index (χ3v) is 4.15. The average Bonchev–Trinajstić information content (AvgIpc) is 2.85. The van der Waals surface area contributed by atoms with Crippen molar-refractivity contribution in [3.8, 4) is 0 Å². The fourth-order valence-corrected chi connectivity index (χ4v) is 3.02. The van der Waals surface area contributed by atoms with Crippen molar-refractivity contribution in [1.29, 1.82) is 0 Å². The Morgan fingerprint density at radius 2 is 1.30 bits per heavy atom. The standard InChI is InChI=1S/C19H13NO3/c21-11-14-9-12-5-1-2-6-13(12)10-17(14)20-18(22)15-7-3-4-8-16(15)19(20)23/h1-10,21H,11H2. The monoisotopic (exact) mass is 303 g/mol. The molecule has 2 amide bonds. The fourth-order valence-electron chi connectivity index (χ4n) is 3.02. The molecule has 0 radical (unpaired) electrons. The van der Waals surface area contributed by atoms with Gasteiger partial charge in [-0.2, -0.15) is 0 Å². The molecule has 0 aromatic heterocycles. The van der Waals surface area contributed by atoms with E-state index in [-0.39, 0.29) is 18.4 Å². The van der Waals surface area contributed by atoms with Crippen LogP contribution in [0.4, 0.5) is 5.69 Å². The number of nitrogens with zero attached hydrogens (tertiary/aromatic N) is 1. The van der Waals surface area contributed by atoms with Crippen molar-refractivity contribution in [2.45, 2.75) is 6.61 Å². The summed E-state index contributed by atoms with van der Waals surface area (Å²) >= 11 is 0. The molecule has 1 aliphatic heterocycles. The topological polar surface area (TPSA) is 57.6 Å². The number of carbonyl (C=O) groups excluding carboxylic acids is 2. The number of hydrogen-bond acceptors (Lipinski definition) is 3. The van der Waals surface area contributed by atoms with Crippen LogP contribution in [0.2, 0.25) is 0 Å². The molecule has 1 N–H and O–H groups in total. The fraction of sp³-hybridized carbons (Fsp3) is 0.0526. The zero-order chi connectivity index (χ0) is 16.0. The summed E-state index contributed by atoms with van der Waals surface area (Å²) in [5, 5.41) is 11.5. The maximum Gasteiger partial charge on any atom is 0.266 e. The summed E-state index contributed by atoms with van der Waals surface area (Å²) in [4.78, 5) is 26.4. The van der Waals surface area contributed by atoms with Gasteiger partial charge in [-0.1, -0.05) is 36.4 Å². The van der Waals surface area contributed by atoms with Gasteiger partial charge in [0.2, 0.25) is 0 Å². The van der Waals surface area contributed by atoms with E-state index in [1.807, 2.05) is 30.3 Å². The maximum absolute atomic E-state index is 12.6. The van der Waals surface area contributed by atoms with Crippen molar-refractivity contribution >= 4 is 28.3 Å². The van der Waals surface area contributed by atoms with E-state index in [9.17, 15) is 14.7 Å². The predicted octanol–water partition coefficient (Wildman–Crippen LogP) is 3.13. The van der Waals surface area contributed by atoms with E-state index >= 15 is 0 Å². The third kappa shape index (κ3) is 1.96. The number of carbonyl (C=O) groups is 2. The summed E-state index contributed by atoms with van der Waals surface area (Å²) in [6, 6.07) is 18.0. The van der Waals surface area contributed by atoms with Crippen LogP contribution in [0.25, 0.3) is 10.8 Å². The van der Waals surface area contributed by atoms with Crippen molar-refractivity contribution in [2.75, 3.05) is 4.90 Å². The lowest BCUT2D eigenvalue weighted by molar-refractivity contribution is 0.0925. The molecule has 0 saturated heterocycles. The first kappa shape index (κ1) is 13.7. The zero-order valence-electron chi connectivity index (χ0n) is 12.2. The molecule has 0 saturated carbocycles. The number of anilines is 1. The van der Waals surface area contributed by atoms with Crippen LogP contribution in [0.5, 0.6) is 0 Å². The molecule has 4 nitrogen and oxygen atoms in total. The molecule has 3 aromatic carbocycles. The van der Waals surface area contributed by atoms with Crippen LogP contribution in [0, 0.1) is 0 Å². The first-order valence-corrected chi connectivity index (χ1v) is 7.31. The third-order valence-electron chi connectivity index (χ3n) is 4.15. The molecule has 4 heteroatoms. The van der Waals surface area contributed by atoms with Crippen molar-refractivity contribution < 1.29 is 14.7 Å². The Morgan fingerprint density at radius 3 is 1.87 bits per heavy atom. The van der Waals surface area contributed by atoms with E-state index in [1.165, 1.54) is 0 Å². The molecule has 1 aliphatic rings. The number of aliphatic hydroxyl groups excluding tert-OH is 1. The lowest BCUT2D eigenvalue weighted by Gasteiger charge is -2.18. The van der Waals surface area contributed by atoms with Gasteiger partial charge in [-0.15, -0.1) is 0 Å². The van der Waals surface area contributed by atoms with Gasteiger partial charge in [-0.25, -0.2) is 4.90 Å². The Hall–Kier alpha value is -2.98. The van der Waals surface area contributed by atoms with Gasteiger partial charge in [0.1, 0.15) is 0 Å². The average molecular weight is 303 g/mol. The predicted molar refractivity (Wildman–Crippen MR) is 87.5 cm³/mol. The van der Waals surface area contributed by atoms with Crippen LogP contribution in [0.1, 0.15) is 26.3 Å². The van der Waals surface area contributed by atoms with Gasteiger partial charge in [-0.05, 0) is 35.0 Å². The Labute approximate surface area is 132 Å². The number of rotatable bonds is 2. The van der Waals surface area contributed by atoms with Gasteiger partial charge < -0.3 is 5.11 Å². The lowest BCUT2D eigenvalue weighted by atomic mass is 10.0. The number of amides is 2. The van der Waals surface area contributed by atoms with Crippen molar-refractivity contribution in [3.63, 3.8) is 0 Å². The molecule has 0 aliphatic carbocycles. The van der Waals surface area contributed by atoms with Crippen LogP contribution >= 0.6 is 0 Å². The quantitative estimate of drug-likeness (QED) is 0.740. The Kier molecular flexibility index (Phi) is 2.99. The summed E-state index contributed by atoms with van der Waals surface area (Å²) in [6.07, 6.45) is 0. The molecular weight excluding hydrogens is 290 g/mol. The molecular formula is C19H13NO3. The minimum atomic E-state index is -0.351. The number of fused-ring (bicyclic) bond motifs is 2. The van der Waals surface area contributed by atoms with E-state index in [2.05, 4.69) is 0 Å². The summed E-state index contributed by atoms with van der Waals surface area (Å²) in [5.74, 6) is -0.703. The molecule has 23 heavy (non-hydrogen) atoms. The highest BCUT2D eigenvalue weighted by atomic mass is 16.3. The Bertz CT molecular complexity index is 927.